The summed E-state index contributed by atoms with van der Waals surface area (Å²) in [5.41, 5.74) is 0. The second kappa shape index (κ2) is 6.31. The van der Waals surface area contributed by atoms with Gasteiger partial charge in [0.25, 0.3) is 0 Å². The average molecular weight is 213 g/mol. The normalized spacial score (nSPS) is 12.5. The van der Waals surface area contributed by atoms with E-state index in [9.17, 15) is 9.90 Å². The van der Waals surface area contributed by atoms with E-state index < -0.39 is 12.1 Å². The summed E-state index contributed by atoms with van der Waals surface area (Å²) in [7, 11) is 5.91. The lowest BCUT2D eigenvalue weighted by atomic mass is 10.2. The van der Waals surface area contributed by atoms with Crippen molar-refractivity contribution in [3.8, 4) is 12.0 Å². The number of nitrogens with zero attached hydrogens (tertiary/aromatic N) is 1. The van der Waals surface area contributed by atoms with Gasteiger partial charge in [-0.15, -0.1) is 0 Å². The summed E-state index contributed by atoms with van der Waals surface area (Å²) in [5, 5.41) is 10.5. The van der Waals surface area contributed by atoms with Crippen LogP contribution in [0.5, 0.6) is 0 Å². The lowest BCUT2D eigenvalue weighted by Gasteiger charge is -2.28. The Balaban J connectivity index is 4.24. The number of aliphatic carboxylic acids is 1. The van der Waals surface area contributed by atoms with Crippen LogP contribution < -0.4 is 5.11 Å². The molecule has 0 amide bonds. The Morgan fingerprint density at radius 3 is 2.47 bits per heavy atom. The zero-order valence-corrected chi connectivity index (χ0v) is 9.87. The maximum atomic E-state index is 10.5. The molecule has 1 unspecified atom stereocenters. The van der Waals surface area contributed by atoms with Crippen LogP contribution in [0.2, 0.25) is 0 Å². The van der Waals surface area contributed by atoms with Gasteiger partial charge in [-0.1, -0.05) is 12.8 Å². The quantitative estimate of drug-likeness (QED) is 0.461. The third kappa shape index (κ3) is 9.10. The van der Waals surface area contributed by atoms with Gasteiger partial charge in [0.05, 0.1) is 21.1 Å². The molecule has 0 fully saturated rings. The molecule has 15 heavy (non-hydrogen) atoms. The number of quaternary nitrogens is 1. The minimum absolute atomic E-state index is 0.117. The largest absolute Gasteiger partial charge is 0.550 e. The molecule has 1 atom stereocenters. The zero-order valence-electron chi connectivity index (χ0n) is 9.87. The number of carboxylic acids is 1. The van der Waals surface area contributed by atoms with E-state index in [2.05, 4.69) is 12.0 Å². The molecule has 0 bridgehead atoms. The fourth-order valence-corrected chi connectivity index (χ4v) is 1.14. The monoisotopic (exact) mass is 213 g/mol. The summed E-state index contributed by atoms with van der Waals surface area (Å²) >= 11 is 0. The molecule has 0 aliphatic heterocycles. The maximum absolute atomic E-state index is 10.5. The van der Waals surface area contributed by atoms with Gasteiger partial charge < -0.3 is 19.1 Å². The molecule has 0 aliphatic rings. The highest BCUT2D eigenvalue weighted by atomic mass is 16.5. The van der Waals surface area contributed by atoms with E-state index in [4.69, 9.17) is 4.74 Å². The van der Waals surface area contributed by atoms with Gasteiger partial charge in [0.15, 0.2) is 6.10 Å². The Bertz CT molecular complexity index is 257. The fraction of sp³-hybridized carbons (Fsp3) is 0.727. The van der Waals surface area contributed by atoms with Gasteiger partial charge in [-0.2, -0.15) is 0 Å². The summed E-state index contributed by atoms with van der Waals surface area (Å²) < 4.78 is 5.80. The summed E-state index contributed by atoms with van der Waals surface area (Å²) in [6.45, 7) is 2.50. The number of carbonyl (C=O) groups is 1. The topological polar surface area (TPSA) is 49.4 Å². The van der Waals surface area contributed by atoms with Gasteiger partial charge in [0.2, 0.25) is 0 Å². The Kier molecular flexibility index (Phi) is 5.80. The first-order valence-electron chi connectivity index (χ1n) is 4.99. The molecule has 0 aliphatic carbocycles. The zero-order chi connectivity index (χ0) is 11.9. The third-order valence-corrected chi connectivity index (χ3v) is 1.62. The summed E-state index contributed by atoms with van der Waals surface area (Å²) in [5.74, 6) is 1.64. The molecule has 86 valence electrons. The first kappa shape index (κ1) is 13.8. The third-order valence-electron chi connectivity index (χ3n) is 1.62. The van der Waals surface area contributed by atoms with Crippen molar-refractivity contribution in [1.29, 1.82) is 0 Å². The van der Waals surface area contributed by atoms with Crippen LogP contribution in [-0.4, -0.2) is 44.2 Å². The highest BCUT2D eigenvalue weighted by Crippen LogP contribution is 2.03. The standard InChI is InChI=1S/C11H19NO3/c1-5-6-7-15-10(8-11(13)14)9-12(2,3)4/h10H,5,8-9H2,1-4H3. The van der Waals surface area contributed by atoms with E-state index in [-0.39, 0.29) is 6.42 Å². The predicted octanol–water partition coefficient (Wildman–Crippen LogP) is -0.411. The number of hydrogen-bond acceptors (Lipinski definition) is 3. The summed E-state index contributed by atoms with van der Waals surface area (Å²) in [6.07, 6.45) is 2.68. The lowest BCUT2D eigenvalue weighted by molar-refractivity contribution is -0.873. The number of likely N-dealkylation sites (N-methyl/N-ethyl adjacent to an activating group) is 1. The van der Waals surface area contributed by atoms with Crippen molar-refractivity contribution >= 4 is 5.97 Å². The highest BCUT2D eigenvalue weighted by molar-refractivity contribution is 5.64. The van der Waals surface area contributed by atoms with E-state index in [1.165, 1.54) is 0 Å². The summed E-state index contributed by atoms with van der Waals surface area (Å²) in [6, 6.07) is 0. The Labute approximate surface area is 91.4 Å². The maximum Gasteiger partial charge on any atom is 0.164 e. The van der Waals surface area contributed by atoms with Gasteiger partial charge in [0.1, 0.15) is 12.7 Å². The molecule has 0 saturated carbocycles. The second-order valence-corrected chi connectivity index (χ2v) is 4.42. The number of ether oxygens (including phenoxy) is 1. The minimum atomic E-state index is -1.10. The molecular formula is C11H19NO3. The van der Waals surface area contributed by atoms with Crippen LogP contribution in [-0.2, 0) is 9.53 Å². The van der Waals surface area contributed by atoms with Gasteiger partial charge in [-0.25, -0.2) is 0 Å². The molecular weight excluding hydrogens is 194 g/mol. The van der Waals surface area contributed by atoms with Crippen molar-refractivity contribution in [3.63, 3.8) is 0 Å². The molecule has 4 nitrogen and oxygen atoms in total. The molecule has 0 saturated heterocycles. The van der Waals surface area contributed by atoms with E-state index in [1.807, 2.05) is 28.1 Å². The van der Waals surface area contributed by atoms with Gasteiger partial charge >= 0.3 is 0 Å². The lowest BCUT2D eigenvalue weighted by Crippen LogP contribution is -2.44. The molecule has 0 radical (unpaired) electrons. The first-order valence-corrected chi connectivity index (χ1v) is 4.99. The van der Waals surface area contributed by atoms with Crippen LogP contribution in [0, 0.1) is 12.0 Å². The second-order valence-electron chi connectivity index (χ2n) is 4.42. The number of rotatable bonds is 5. The Morgan fingerprint density at radius 1 is 1.47 bits per heavy atom. The average Bonchev–Trinajstić information content (AvgIpc) is 2.00. The van der Waals surface area contributed by atoms with Crippen molar-refractivity contribution in [1.82, 2.24) is 0 Å². The van der Waals surface area contributed by atoms with E-state index in [0.29, 0.717) is 17.4 Å². The summed E-state index contributed by atoms with van der Waals surface area (Å²) in [4.78, 5) is 10.5. The van der Waals surface area contributed by atoms with Crippen molar-refractivity contribution in [2.75, 3.05) is 27.7 Å². The van der Waals surface area contributed by atoms with Crippen LogP contribution in [0.4, 0.5) is 0 Å². The molecule has 0 spiro atoms. The molecule has 0 N–H and O–H groups in total. The van der Waals surface area contributed by atoms with Crippen LogP contribution in [0.25, 0.3) is 0 Å². The van der Waals surface area contributed by atoms with Gasteiger partial charge in [0, 0.05) is 18.8 Å². The number of hydrogen-bond donors (Lipinski definition) is 0. The fourth-order valence-electron chi connectivity index (χ4n) is 1.14. The molecule has 0 aromatic rings. The SMILES string of the molecule is CCC#COC(CC(=O)[O-])C[N+](C)(C)C. The molecule has 0 rings (SSSR count). The van der Waals surface area contributed by atoms with E-state index in [1.54, 1.807) is 0 Å². The van der Waals surface area contributed by atoms with Crippen molar-refractivity contribution in [2.24, 2.45) is 0 Å². The molecule has 0 aromatic carbocycles. The van der Waals surface area contributed by atoms with Gasteiger partial charge in [-0.3, -0.25) is 0 Å². The Hall–Kier alpha value is -1.21. The smallest absolute Gasteiger partial charge is 0.164 e. The Morgan fingerprint density at radius 2 is 2.07 bits per heavy atom. The predicted molar refractivity (Wildman–Crippen MR) is 55.5 cm³/mol. The minimum Gasteiger partial charge on any atom is -0.550 e. The van der Waals surface area contributed by atoms with Crippen LogP contribution in [0.3, 0.4) is 0 Å². The number of carboxylic acid groups (broad SMARTS) is 1. The van der Waals surface area contributed by atoms with E-state index in [0.717, 1.165) is 0 Å². The number of carbonyl (C=O) groups excluding carboxylic acids is 1. The van der Waals surface area contributed by atoms with Crippen LogP contribution >= 0.6 is 0 Å². The molecule has 0 aromatic heterocycles. The highest BCUT2D eigenvalue weighted by Gasteiger charge is 2.19. The van der Waals surface area contributed by atoms with Crippen molar-refractivity contribution in [2.45, 2.75) is 25.9 Å². The molecule has 4 heteroatoms. The van der Waals surface area contributed by atoms with Gasteiger partial charge in [-0.05, 0) is 0 Å². The van der Waals surface area contributed by atoms with Crippen LogP contribution in [0.1, 0.15) is 19.8 Å². The van der Waals surface area contributed by atoms with Crippen LogP contribution in [0.15, 0.2) is 0 Å². The van der Waals surface area contributed by atoms with E-state index >= 15 is 0 Å². The molecule has 0 heterocycles. The van der Waals surface area contributed by atoms with Crippen molar-refractivity contribution < 1.29 is 19.1 Å². The first-order chi connectivity index (χ1) is 6.85. The van der Waals surface area contributed by atoms with Crippen molar-refractivity contribution in [3.05, 3.63) is 0 Å².